The number of hydrogen-bond acceptors (Lipinski definition) is 4. The smallest absolute Gasteiger partial charge is 0.348 e. The van der Waals surface area contributed by atoms with Crippen LogP contribution < -0.4 is 5.73 Å². The molecule has 19 heavy (non-hydrogen) atoms. The highest BCUT2D eigenvalue weighted by Crippen LogP contribution is 2.46. The van der Waals surface area contributed by atoms with Gasteiger partial charge in [0.15, 0.2) is 0 Å². The molecule has 2 aromatic rings. The number of nitrogen functional groups attached to an aromatic ring is 1. The molecule has 2 rings (SSSR count). The first-order chi connectivity index (χ1) is 8.82. The standard InChI is InChI=1S/C13H14BrNO2S2/c1-5(2)8-9(15)11(13(16)17)19-10(8)7-4-6(3)12(14)18-7/h4-5H,15H2,1-3H3,(H,16,17). The van der Waals surface area contributed by atoms with Crippen LogP contribution in [0.4, 0.5) is 5.69 Å². The van der Waals surface area contributed by atoms with E-state index >= 15 is 0 Å². The fourth-order valence-electron chi connectivity index (χ4n) is 1.94. The molecule has 0 saturated heterocycles. The van der Waals surface area contributed by atoms with Crippen LogP contribution >= 0.6 is 38.6 Å². The van der Waals surface area contributed by atoms with Crippen molar-refractivity contribution in [3.8, 4) is 9.75 Å². The van der Waals surface area contributed by atoms with Gasteiger partial charge in [-0.25, -0.2) is 4.79 Å². The van der Waals surface area contributed by atoms with Gasteiger partial charge in [0, 0.05) is 4.88 Å². The summed E-state index contributed by atoms with van der Waals surface area (Å²) in [5, 5.41) is 9.22. The first-order valence-corrected chi connectivity index (χ1v) is 8.17. The highest BCUT2D eigenvalue weighted by atomic mass is 79.9. The molecular weight excluding hydrogens is 346 g/mol. The predicted octanol–water partition coefficient (Wildman–Crippen LogP) is 4.95. The minimum Gasteiger partial charge on any atom is -0.477 e. The van der Waals surface area contributed by atoms with Crippen LogP contribution in [0, 0.1) is 6.92 Å². The molecule has 102 valence electrons. The van der Waals surface area contributed by atoms with Crippen molar-refractivity contribution in [1.82, 2.24) is 0 Å². The molecule has 0 saturated carbocycles. The molecule has 3 N–H and O–H groups in total. The summed E-state index contributed by atoms with van der Waals surface area (Å²) in [6, 6.07) is 2.07. The molecule has 0 atom stereocenters. The van der Waals surface area contributed by atoms with Crippen LogP contribution in [-0.4, -0.2) is 11.1 Å². The SMILES string of the molecule is Cc1cc(-c2sc(C(=O)O)c(N)c2C(C)C)sc1Br. The Morgan fingerprint density at radius 2 is 2.05 bits per heavy atom. The van der Waals surface area contributed by atoms with Crippen molar-refractivity contribution in [2.75, 3.05) is 5.73 Å². The van der Waals surface area contributed by atoms with Crippen molar-refractivity contribution < 1.29 is 9.90 Å². The Balaban J connectivity index is 2.68. The van der Waals surface area contributed by atoms with Crippen LogP contribution in [-0.2, 0) is 0 Å². The average molecular weight is 360 g/mol. The van der Waals surface area contributed by atoms with E-state index in [2.05, 4.69) is 22.0 Å². The molecule has 3 nitrogen and oxygen atoms in total. The van der Waals surface area contributed by atoms with E-state index in [4.69, 9.17) is 5.73 Å². The van der Waals surface area contributed by atoms with Gasteiger partial charge in [-0.15, -0.1) is 22.7 Å². The number of carboxylic acid groups (broad SMARTS) is 1. The fourth-order valence-corrected chi connectivity index (χ4v) is 4.81. The summed E-state index contributed by atoms with van der Waals surface area (Å²) >= 11 is 6.38. The van der Waals surface area contributed by atoms with E-state index in [1.165, 1.54) is 11.3 Å². The fraction of sp³-hybridized carbons (Fsp3) is 0.308. The van der Waals surface area contributed by atoms with Crippen LogP contribution in [0.3, 0.4) is 0 Å². The summed E-state index contributed by atoms with van der Waals surface area (Å²) in [7, 11) is 0. The highest BCUT2D eigenvalue weighted by molar-refractivity contribution is 9.11. The number of aromatic carboxylic acids is 1. The van der Waals surface area contributed by atoms with E-state index in [0.29, 0.717) is 5.69 Å². The number of anilines is 1. The maximum atomic E-state index is 11.2. The third-order valence-corrected chi connectivity index (χ3v) is 6.36. The summed E-state index contributed by atoms with van der Waals surface area (Å²) in [6.07, 6.45) is 0. The summed E-state index contributed by atoms with van der Waals surface area (Å²) in [6.45, 7) is 6.08. The van der Waals surface area contributed by atoms with Crippen molar-refractivity contribution in [3.05, 3.63) is 25.9 Å². The quantitative estimate of drug-likeness (QED) is 0.814. The second-order valence-electron chi connectivity index (χ2n) is 4.61. The van der Waals surface area contributed by atoms with Crippen molar-refractivity contribution in [3.63, 3.8) is 0 Å². The van der Waals surface area contributed by atoms with Gasteiger partial charge in [0.25, 0.3) is 0 Å². The molecule has 2 aromatic heterocycles. The lowest BCUT2D eigenvalue weighted by Gasteiger charge is -2.07. The van der Waals surface area contributed by atoms with Crippen molar-refractivity contribution in [1.29, 1.82) is 0 Å². The zero-order valence-electron chi connectivity index (χ0n) is 10.8. The molecule has 0 amide bonds. The van der Waals surface area contributed by atoms with Crippen LogP contribution in [0.5, 0.6) is 0 Å². The lowest BCUT2D eigenvalue weighted by Crippen LogP contribution is -2.00. The third kappa shape index (κ3) is 2.57. The predicted molar refractivity (Wildman–Crippen MR) is 85.5 cm³/mol. The molecule has 0 aliphatic heterocycles. The van der Waals surface area contributed by atoms with Crippen LogP contribution in [0.1, 0.15) is 40.6 Å². The minimum atomic E-state index is -0.956. The van der Waals surface area contributed by atoms with Gasteiger partial charge < -0.3 is 10.8 Å². The first-order valence-electron chi connectivity index (χ1n) is 5.74. The van der Waals surface area contributed by atoms with E-state index in [9.17, 15) is 9.90 Å². The molecule has 2 heterocycles. The van der Waals surface area contributed by atoms with Gasteiger partial charge in [0.1, 0.15) is 4.88 Å². The Morgan fingerprint density at radius 3 is 2.47 bits per heavy atom. The molecule has 0 unspecified atom stereocenters. The number of carbonyl (C=O) groups is 1. The summed E-state index contributed by atoms with van der Waals surface area (Å²) in [4.78, 5) is 13.5. The molecular formula is C13H14BrNO2S2. The molecule has 6 heteroatoms. The van der Waals surface area contributed by atoms with E-state index in [0.717, 1.165) is 24.7 Å². The lowest BCUT2D eigenvalue weighted by molar-refractivity contribution is 0.0703. The molecule has 0 bridgehead atoms. The van der Waals surface area contributed by atoms with Crippen molar-refractivity contribution in [2.45, 2.75) is 26.7 Å². The van der Waals surface area contributed by atoms with Gasteiger partial charge >= 0.3 is 5.97 Å². The van der Waals surface area contributed by atoms with Crippen molar-refractivity contribution in [2.24, 2.45) is 0 Å². The van der Waals surface area contributed by atoms with E-state index < -0.39 is 5.97 Å². The zero-order valence-corrected chi connectivity index (χ0v) is 14.0. The van der Waals surface area contributed by atoms with Gasteiger partial charge in [0.2, 0.25) is 0 Å². The van der Waals surface area contributed by atoms with Crippen LogP contribution in [0.15, 0.2) is 9.85 Å². The maximum Gasteiger partial charge on any atom is 0.348 e. The Hall–Kier alpha value is -0.850. The summed E-state index contributed by atoms with van der Waals surface area (Å²) in [5.74, 6) is -0.761. The first kappa shape index (κ1) is 14.6. The van der Waals surface area contributed by atoms with E-state index in [1.54, 1.807) is 11.3 Å². The highest BCUT2D eigenvalue weighted by Gasteiger charge is 2.24. The summed E-state index contributed by atoms with van der Waals surface area (Å²) in [5.41, 5.74) is 8.51. The molecule has 0 fully saturated rings. The number of hydrogen-bond donors (Lipinski definition) is 2. The second kappa shape index (κ2) is 5.26. The third-order valence-electron chi connectivity index (χ3n) is 2.84. The van der Waals surface area contributed by atoms with E-state index in [-0.39, 0.29) is 10.8 Å². The molecule has 0 aliphatic carbocycles. The minimum absolute atomic E-state index is 0.195. The van der Waals surface area contributed by atoms with Crippen LogP contribution in [0.2, 0.25) is 0 Å². The van der Waals surface area contributed by atoms with Gasteiger partial charge in [0.05, 0.1) is 14.4 Å². The number of nitrogens with two attached hydrogens (primary N) is 1. The Labute approximate surface area is 128 Å². The molecule has 0 spiro atoms. The van der Waals surface area contributed by atoms with Crippen LogP contribution in [0.25, 0.3) is 9.75 Å². The maximum absolute atomic E-state index is 11.2. The number of thiophene rings is 2. The molecule has 0 aromatic carbocycles. The Morgan fingerprint density at radius 1 is 1.42 bits per heavy atom. The topological polar surface area (TPSA) is 63.3 Å². The van der Waals surface area contributed by atoms with Gasteiger partial charge in [-0.2, -0.15) is 0 Å². The monoisotopic (exact) mass is 359 g/mol. The van der Waals surface area contributed by atoms with Gasteiger partial charge in [-0.05, 0) is 46.0 Å². The van der Waals surface area contributed by atoms with Gasteiger partial charge in [-0.3, -0.25) is 0 Å². The lowest BCUT2D eigenvalue weighted by atomic mass is 10.0. The molecule has 0 aliphatic rings. The number of aryl methyl sites for hydroxylation is 1. The Bertz CT molecular complexity index is 624. The number of halogens is 1. The largest absolute Gasteiger partial charge is 0.477 e. The normalized spacial score (nSPS) is 11.2. The average Bonchev–Trinajstić information content (AvgIpc) is 2.80. The zero-order chi connectivity index (χ0) is 14.3. The second-order valence-corrected chi connectivity index (χ2v) is 8.01. The summed E-state index contributed by atoms with van der Waals surface area (Å²) < 4.78 is 1.07. The Kier molecular flexibility index (Phi) is 4.03. The van der Waals surface area contributed by atoms with E-state index in [1.807, 2.05) is 20.8 Å². The van der Waals surface area contributed by atoms with Crippen molar-refractivity contribution >= 4 is 50.3 Å². The van der Waals surface area contributed by atoms with Gasteiger partial charge in [-0.1, -0.05) is 13.8 Å². The number of rotatable bonds is 3. The molecule has 0 radical (unpaired) electrons. The number of carboxylic acids is 1.